The molecule has 0 aliphatic heterocycles. The topological polar surface area (TPSA) is 189 Å². The molecular formula is C6H11CaNO8. The second kappa shape index (κ2) is 9.60. The van der Waals surface area contributed by atoms with Crippen molar-refractivity contribution in [2.45, 2.75) is 18.4 Å². The predicted octanol–water partition coefficient (Wildman–Crippen LogP) is -2.71. The van der Waals surface area contributed by atoms with Crippen molar-refractivity contribution in [3.8, 4) is 0 Å². The first kappa shape index (κ1) is 20.8. The number of rotatable bonds is 5. The molecular weight excluding hydrogens is 254 g/mol. The first-order valence-electron chi connectivity index (χ1n) is 3.44. The first-order chi connectivity index (χ1) is 6.78. The van der Waals surface area contributed by atoms with Crippen LogP contribution < -0.4 is 11.3 Å². The van der Waals surface area contributed by atoms with Gasteiger partial charge in [0.1, 0.15) is 0 Å². The summed E-state index contributed by atoms with van der Waals surface area (Å²) >= 11 is 0.125. The summed E-state index contributed by atoms with van der Waals surface area (Å²) in [5.41, 5.74) is -2.80. The Morgan fingerprint density at radius 3 is 1.69 bits per heavy atom. The standard InChI is InChI=1S/C6H8O7.Ca.H3N.O/c7-3(8)1-6(13,5(11)12)2-4(9)10;;;/h13H,1-2H2,(H,7,8)(H,9,10)(H,11,12);;1H3;. The Labute approximate surface area is 114 Å². The molecule has 9 nitrogen and oxygen atoms in total. The summed E-state index contributed by atoms with van der Waals surface area (Å²) in [4.78, 5) is 30.3. The van der Waals surface area contributed by atoms with Crippen LogP contribution in [0.1, 0.15) is 12.8 Å². The molecule has 1 unspecified atom stereocenters. The Morgan fingerprint density at radius 1 is 1.12 bits per heavy atom. The van der Waals surface area contributed by atoms with E-state index in [1.807, 2.05) is 0 Å². The normalized spacial score (nSPS) is 12.2. The molecule has 0 heterocycles. The number of hydrogen-bond acceptors (Lipinski definition) is 6. The third kappa shape index (κ3) is 8.68. The van der Waals surface area contributed by atoms with Crippen LogP contribution in [0.2, 0.25) is 0 Å². The van der Waals surface area contributed by atoms with Crippen LogP contribution in [-0.4, -0.2) is 74.7 Å². The quantitative estimate of drug-likeness (QED) is 0.386. The van der Waals surface area contributed by atoms with Crippen molar-refractivity contribution in [2.75, 3.05) is 0 Å². The monoisotopic (exact) mass is 265 g/mol. The van der Waals surface area contributed by atoms with E-state index in [-0.39, 0.29) is 42.0 Å². The van der Waals surface area contributed by atoms with Gasteiger partial charge in [0.2, 0.25) is 0 Å². The van der Waals surface area contributed by atoms with E-state index in [0.29, 0.717) is 0 Å². The van der Waals surface area contributed by atoms with E-state index in [2.05, 4.69) is 0 Å². The summed E-state index contributed by atoms with van der Waals surface area (Å²) in [6.07, 6.45) is -2.44. The van der Waals surface area contributed by atoms with Gasteiger partial charge in [-0.05, 0) is 0 Å². The molecule has 0 aliphatic carbocycles. The predicted molar refractivity (Wildman–Crippen MR) is 46.9 cm³/mol. The summed E-state index contributed by atoms with van der Waals surface area (Å²) in [6.45, 7) is 0. The summed E-state index contributed by atoms with van der Waals surface area (Å²) < 4.78 is 8.38. The molecule has 0 rings (SSSR count). The summed E-state index contributed by atoms with van der Waals surface area (Å²) in [5.74, 6) is -5.34. The van der Waals surface area contributed by atoms with Crippen LogP contribution in [0.3, 0.4) is 0 Å². The molecule has 0 saturated heterocycles. The molecule has 0 fully saturated rings. The molecule has 0 aromatic heterocycles. The molecule has 0 saturated carbocycles. The molecule has 1 atom stereocenters. The third-order valence-electron chi connectivity index (χ3n) is 1.28. The van der Waals surface area contributed by atoms with Crippen LogP contribution in [-0.2, 0) is 15.8 Å². The number of aliphatic carboxylic acids is 3. The maximum atomic E-state index is 10.3. The molecule has 16 heavy (non-hydrogen) atoms. The Morgan fingerprint density at radius 2 is 1.50 bits per heavy atom. The fourth-order valence-electron chi connectivity index (χ4n) is 0.703. The van der Waals surface area contributed by atoms with E-state index in [0.717, 1.165) is 0 Å². The van der Waals surface area contributed by atoms with Crippen molar-refractivity contribution in [3.63, 3.8) is 0 Å². The number of carboxylic acids is 3. The molecule has 0 aliphatic rings. The van der Waals surface area contributed by atoms with E-state index in [4.69, 9.17) is 16.8 Å². The van der Waals surface area contributed by atoms with Gasteiger partial charge in [0, 0.05) is 12.4 Å². The van der Waals surface area contributed by atoms with E-state index in [1.165, 1.54) is 0 Å². The first-order valence-corrected chi connectivity index (χ1v) is 4.34. The van der Waals surface area contributed by atoms with Gasteiger partial charge in [-0.3, -0.25) is 4.79 Å². The summed E-state index contributed by atoms with van der Waals surface area (Å²) in [7, 11) is 0. The number of quaternary nitrogens is 1. The number of carbonyl (C=O) groups is 3. The molecule has 0 bridgehead atoms. The second-order valence-corrected chi connectivity index (χ2v) is 2.46. The fraction of sp³-hybridized carbons (Fsp3) is 0.500. The summed E-state index contributed by atoms with van der Waals surface area (Å²) in [5, 5.41) is 35.5. The van der Waals surface area contributed by atoms with E-state index < -0.39 is 36.4 Å². The van der Waals surface area contributed by atoms with Crippen molar-refractivity contribution >= 4 is 53.8 Å². The SMILES string of the molecule is O=C([O-])CC(O)(CC(=O)O)C(=O)O.[NH4+].[O]=[Ca]. The van der Waals surface area contributed by atoms with Crippen molar-refractivity contribution in [1.82, 2.24) is 6.15 Å². The molecule has 0 radical (unpaired) electrons. The van der Waals surface area contributed by atoms with Gasteiger partial charge >= 0.3 is 49.3 Å². The van der Waals surface area contributed by atoms with Crippen molar-refractivity contribution in [2.24, 2.45) is 0 Å². The molecule has 0 aromatic rings. The van der Waals surface area contributed by atoms with Crippen LogP contribution in [0.5, 0.6) is 0 Å². The van der Waals surface area contributed by atoms with Gasteiger partial charge < -0.3 is 31.4 Å². The third-order valence-corrected chi connectivity index (χ3v) is 1.28. The van der Waals surface area contributed by atoms with Gasteiger partial charge in [-0.1, -0.05) is 0 Å². The zero-order valence-electron chi connectivity index (χ0n) is 8.50. The zero-order chi connectivity index (χ0) is 12.6. The maximum absolute atomic E-state index is 10.3. The molecule has 0 aromatic carbocycles. The number of carbonyl (C=O) groups excluding carboxylic acids is 1. The minimum absolute atomic E-state index is 0. The van der Waals surface area contributed by atoms with Crippen LogP contribution in [0, 0.1) is 0 Å². The van der Waals surface area contributed by atoms with Gasteiger partial charge in [0.15, 0.2) is 5.60 Å². The number of carboxylic acid groups (broad SMARTS) is 3. The van der Waals surface area contributed by atoms with E-state index >= 15 is 0 Å². The molecule has 0 amide bonds. The van der Waals surface area contributed by atoms with Crippen molar-refractivity contribution < 1.29 is 36.2 Å². The van der Waals surface area contributed by atoms with Crippen molar-refractivity contribution in [1.29, 1.82) is 0 Å². The van der Waals surface area contributed by atoms with Gasteiger partial charge in [0.05, 0.1) is 6.42 Å². The average molecular weight is 265 g/mol. The zero-order valence-corrected chi connectivity index (χ0v) is 10.7. The van der Waals surface area contributed by atoms with Gasteiger partial charge in [-0.15, -0.1) is 0 Å². The number of hydrogen-bond donors (Lipinski definition) is 4. The van der Waals surface area contributed by atoms with Crippen LogP contribution >= 0.6 is 0 Å². The van der Waals surface area contributed by atoms with Crippen LogP contribution in [0.25, 0.3) is 0 Å². The minimum atomic E-state index is -2.80. The van der Waals surface area contributed by atoms with Gasteiger partial charge in [-0.25, -0.2) is 4.79 Å². The Hall–Kier alpha value is -0.610. The number of aliphatic hydroxyl groups is 1. The van der Waals surface area contributed by atoms with E-state index in [9.17, 15) is 19.5 Å². The molecule has 0 spiro atoms. The van der Waals surface area contributed by atoms with E-state index in [1.54, 1.807) is 0 Å². The average Bonchev–Trinajstić information content (AvgIpc) is 2.04. The van der Waals surface area contributed by atoms with Crippen LogP contribution in [0.15, 0.2) is 0 Å². The molecule has 7 N–H and O–H groups in total. The molecule has 10 heteroatoms. The Bertz CT molecular complexity index is 251. The van der Waals surface area contributed by atoms with Crippen molar-refractivity contribution in [3.05, 3.63) is 0 Å². The van der Waals surface area contributed by atoms with Gasteiger partial charge in [-0.2, -0.15) is 0 Å². The van der Waals surface area contributed by atoms with Crippen LogP contribution in [0.4, 0.5) is 0 Å². The fourth-order valence-corrected chi connectivity index (χ4v) is 0.703. The second-order valence-electron chi connectivity index (χ2n) is 2.46. The molecule has 90 valence electrons. The Kier molecular flexibility index (Phi) is 12.5. The van der Waals surface area contributed by atoms with Gasteiger partial charge in [0.25, 0.3) is 0 Å². The Balaban J connectivity index is -0.000000529. The summed E-state index contributed by atoms with van der Waals surface area (Å²) in [6, 6.07) is 0.